The zero-order chi connectivity index (χ0) is 18.0. The molecule has 0 aromatic heterocycles. The van der Waals surface area contributed by atoms with Crippen LogP contribution in [-0.2, 0) is 14.4 Å². The van der Waals surface area contributed by atoms with Crippen LogP contribution in [-0.4, -0.2) is 68.6 Å². The van der Waals surface area contributed by atoms with Crippen molar-refractivity contribution in [1.82, 2.24) is 0 Å². The maximum absolute atomic E-state index is 10.7. The number of nitrogens with two attached hydrogens (primary N) is 2. The van der Waals surface area contributed by atoms with E-state index in [0.717, 1.165) is 0 Å². The lowest BCUT2D eigenvalue weighted by molar-refractivity contribution is -0.138. The van der Waals surface area contributed by atoms with Crippen molar-refractivity contribution < 1.29 is 24.6 Å². The second-order valence-electron chi connectivity index (χ2n) is 5.78. The number of thioether (sulfide) groups is 2. The molecule has 23 heavy (non-hydrogen) atoms. The second kappa shape index (κ2) is 10.7. The summed E-state index contributed by atoms with van der Waals surface area (Å²) in [4.78, 5) is 26.7. The van der Waals surface area contributed by atoms with Crippen molar-refractivity contribution in [3.8, 4) is 0 Å². The minimum atomic E-state index is -1.05. The third kappa shape index (κ3) is 12.2. The van der Waals surface area contributed by atoms with Gasteiger partial charge in [0.15, 0.2) is 0 Å². The second-order valence-corrected chi connectivity index (χ2v) is 7.84. The van der Waals surface area contributed by atoms with Crippen molar-refractivity contribution in [2.45, 2.75) is 38.5 Å². The van der Waals surface area contributed by atoms with E-state index < -0.39 is 29.6 Å². The maximum atomic E-state index is 10.7. The number of aliphatic carboxylic acids is 2. The van der Waals surface area contributed by atoms with E-state index >= 15 is 0 Å². The molecule has 0 aliphatic rings. The maximum Gasteiger partial charge on any atom is 0.321 e. The van der Waals surface area contributed by atoms with Gasteiger partial charge in [0.1, 0.15) is 17.7 Å². The van der Waals surface area contributed by atoms with Gasteiger partial charge in [-0.1, -0.05) is 5.16 Å². The highest BCUT2D eigenvalue weighted by atomic mass is 32.2. The van der Waals surface area contributed by atoms with Crippen molar-refractivity contribution in [1.29, 1.82) is 0 Å². The number of hydrogen-bond donors (Lipinski definition) is 4. The van der Waals surface area contributed by atoms with Gasteiger partial charge in [0.25, 0.3) is 0 Å². The molecule has 2 atom stereocenters. The number of carboxylic acid groups (broad SMARTS) is 2. The van der Waals surface area contributed by atoms with Crippen LogP contribution in [0.15, 0.2) is 5.16 Å². The van der Waals surface area contributed by atoms with E-state index in [1.165, 1.54) is 23.5 Å². The molecular weight excluding hydrogens is 342 g/mol. The Hall–Kier alpha value is -0.970. The predicted octanol–water partition coefficient (Wildman–Crippen LogP) is 0.448. The normalized spacial score (nSPS) is 14.0. The van der Waals surface area contributed by atoms with Gasteiger partial charge >= 0.3 is 11.9 Å². The Kier molecular flexibility index (Phi) is 10.3. The molecule has 6 N–H and O–H groups in total. The summed E-state index contributed by atoms with van der Waals surface area (Å²) in [6.45, 7) is 5.57. The summed E-state index contributed by atoms with van der Waals surface area (Å²) < 4.78 is 0. The number of hydrogen-bond acceptors (Lipinski definition) is 8. The fraction of sp³-hybridized carbons (Fsp3) is 0.769. The average molecular weight is 367 g/mol. The monoisotopic (exact) mass is 367 g/mol. The summed E-state index contributed by atoms with van der Waals surface area (Å²) in [5, 5.41) is 21.6. The van der Waals surface area contributed by atoms with Crippen molar-refractivity contribution in [2.75, 3.05) is 23.0 Å². The van der Waals surface area contributed by atoms with Crippen LogP contribution in [0.3, 0.4) is 0 Å². The number of rotatable bonds is 11. The molecule has 0 aromatic carbocycles. The topological polar surface area (TPSA) is 148 Å². The smallest absolute Gasteiger partial charge is 0.321 e. The van der Waals surface area contributed by atoms with Crippen LogP contribution in [0.5, 0.6) is 0 Å². The molecule has 0 saturated carbocycles. The fourth-order valence-corrected chi connectivity index (χ4v) is 2.98. The van der Waals surface area contributed by atoms with Crippen LogP contribution in [0.4, 0.5) is 0 Å². The summed E-state index contributed by atoms with van der Waals surface area (Å²) in [5.41, 5.74) is 11.1. The van der Waals surface area contributed by atoms with Gasteiger partial charge in [-0.25, -0.2) is 0 Å². The highest BCUT2D eigenvalue weighted by molar-refractivity contribution is 8.01. The molecule has 0 spiro atoms. The molecule has 0 bridgehead atoms. The van der Waals surface area contributed by atoms with E-state index in [-0.39, 0.29) is 11.5 Å². The zero-order valence-corrected chi connectivity index (χ0v) is 15.2. The van der Waals surface area contributed by atoms with Crippen LogP contribution < -0.4 is 11.5 Å². The summed E-state index contributed by atoms with van der Waals surface area (Å²) in [6.07, 6.45) is 0. The lowest BCUT2D eigenvalue weighted by Crippen LogP contribution is -2.33. The van der Waals surface area contributed by atoms with Crippen molar-refractivity contribution in [2.24, 2.45) is 16.6 Å². The molecule has 134 valence electrons. The lowest BCUT2D eigenvalue weighted by atomic mass is 10.2. The van der Waals surface area contributed by atoms with E-state index in [2.05, 4.69) is 5.16 Å². The molecule has 0 aromatic rings. The van der Waals surface area contributed by atoms with E-state index in [1.807, 2.05) is 20.8 Å². The van der Waals surface area contributed by atoms with Gasteiger partial charge in [0, 0.05) is 23.0 Å². The third-order valence-electron chi connectivity index (χ3n) is 2.22. The molecule has 0 heterocycles. The molecule has 8 nitrogen and oxygen atoms in total. The van der Waals surface area contributed by atoms with Gasteiger partial charge in [-0.3, -0.25) is 9.59 Å². The number of carboxylic acids is 2. The molecule has 0 radical (unpaired) electrons. The Labute approximate surface area is 144 Å². The highest BCUT2D eigenvalue weighted by Crippen LogP contribution is 2.12. The quantitative estimate of drug-likeness (QED) is 0.301. The van der Waals surface area contributed by atoms with Crippen molar-refractivity contribution in [3.63, 3.8) is 0 Å². The summed E-state index contributed by atoms with van der Waals surface area (Å²) in [7, 11) is 0. The Morgan fingerprint density at radius 3 is 1.74 bits per heavy atom. The first-order valence-corrected chi connectivity index (χ1v) is 9.20. The summed E-state index contributed by atoms with van der Waals surface area (Å²) in [6, 6.07) is -1.87. The number of nitrogens with zero attached hydrogens (tertiary/aromatic N) is 1. The molecule has 0 aliphatic heterocycles. The van der Waals surface area contributed by atoms with Gasteiger partial charge in [0.2, 0.25) is 0 Å². The molecule has 10 heteroatoms. The van der Waals surface area contributed by atoms with Crippen molar-refractivity contribution in [3.05, 3.63) is 0 Å². The average Bonchev–Trinajstić information content (AvgIpc) is 2.42. The standard InChI is InChI=1S/C13H25N3O5S2/c1-13(2,3)21-16-8(4-22-6-9(14)11(17)18)5-23-7-10(15)12(19)20/h9-10H,4-7,14-15H2,1-3H3,(H,17,18)(H,19,20). The first-order valence-electron chi connectivity index (χ1n) is 6.89. The van der Waals surface area contributed by atoms with E-state index in [9.17, 15) is 9.59 Å². The van der Waals surface area contributed by atoms with Crippen LogP contribution in [0.25, 0.3) is 0 Å². The van der Waals surface area contributed by atoms with Crippen LogP contribution in [0, 0.1) is 0 Å². The van der Waals surface area contributed by atoms with Gasteiger partial charge in [-0.05, 0) is 20.8 Å². The number of oxime groups is 1. The highest BCUT2D eigenvalue weighted by Gasteiger charge is 2.16. The largest absolute Gasteiger partial charge is 0.480 e. The Balaban J connectivity index is 4.45. The molecule has 0 rings (SSSR count). The van der Waals surface area contributed by atoms with Gasteiger partial charge in [-0.2, -0.15) is 23.5 Å². The summed E-state index contributed by atoms with van der Waals surface area (Å²) >= 11 is 2.67. The van der Waals surface area contributed by atoms with Crippen LogP contribution in [0.1, 0.15) is 20.8 Å². The minimum absolute atomic E-state index is 0.253. The zero-order valence-electron chi connectivity index (χ0n) is 13.5. The third-order valence-corrected chi connectivity index (χ3v) is 4.48. The van der Waals surface area contributed by atoms with Crippen molar-refractivity contribution >= 4 is 41.2 Å². The Morgan fingerprint density at radius 1 is 1.04 bits per heavy atom. The van der Waals surface area contributed by atoms with E-state index in [0.29, 0.717) is 17.2 Å². The van der Waals surface area contributed by atoms with Gasteiger partial charge in [0.05, 0.1) is 5.71 Å². The van der Waals surface area contributed by atoms with Gasteiger partial charge < -0.3 is 26.5 Å². The first-order chi connectivity index (χ1) is 10.5. The van der Waals surface area contributed by atoms with E-state index in [4.69, 9.17) is 26.5 Å². The fourth-order valence-electron chi connectivity index (χ4n) is 1.05. The number of carbonyl (C=O) groups is 2. The lowest BCUT2D eigenvalue weighted by Gasteiger charge is -2.17. The first kappa shape index (κ1) is 22.0. The van der Waals surface area contributed by atoms with E-state index in [1.54, 1.807) is 0 Å². The predicted molar refractivity (Wildman–Crippen MR) is 94.1 cm³/mol. The van der Waals surface area contributed by atoms with Crippen LogP contribution in [0.2, 0.25) is 0 Å². The molecular formula is C13H25N3O5S2. The SMILES string of the molecule is CC(C)(C)ON=C(CSCC(N)C(=O)O)CSCC(N)C(=O)O. The Bertz CT molecular complexity index is 398. The van der Waals surface area contributed by atoms with Gasteiger partial charge in [-0.15, -0.1) is 0 Å². The van der Waals surface area contributed by atoms with Crippen LogP contribution >= 0.6 is 23.5 Å². The molecule has 0 fully saturated rings. The molecule has 0 saturated heterocycles. The Morgan fingerprint density at radius 2 is 1.43 bits per heavy atom. The molecule has 2 unspecified atom stereocenters. The molecule has 0 amide bonds. The minimum Gasteiger partial charge on any atom is -0.480 e. The summed E-state index contributed by atoms with van der Waals surface area (Å²) in [5.74, 6) is -0.696. The molecule has 0 aliphatic carbocycles.